The Balaban J connectivity index is 0.864. The molecule has 0 spiro atoms. The van der Waals surface area contributed by atoms with E-state index in [1.807, 2.05) is 22.7 Å². The molecule has 530 valence electrons. The van der Waals surface area contributed by atoms with Crippen LogP contribution in [-0.4, -0.2) is 15.8 Å². The Morgan fingerprint density at radius 1 is 0.257 bits per heavy atom. The average Bonchev–Trinajstić information content (AvgIpc) is 1.16. The standard InChI is InChI=1S/C106H71BN4S2/c1-106(2,3)72-54-58-74(59-55-72)108-92-61-53-70(101-80(81-38-25-49-100-103(81)85-35-15-21-48-99(85)112-100)36-23-45-93(101)110-88-41-16-10-30-75(88)76-31-11-17-42-89(76)110)62-87(92)107-86-60-52-69(67-28-8-5-9-29-67)63-95(86)109(73-56-50-68(51-57-73)66-26-6-4-7-27-66)97-65-71(64-96(108)104(97)107)102-82(84-40-22-39-83-79-34-14-20-47-98(79)113-105(83)84)37-24-46-94(102)111-90-43-18-12-32-77(90)78-33-13-19-44-91(78)111/h4-65H,1-3H3. The lowest BCUT2D eigenvalue weighted by Crippen LogP contribution is -2.61. The molecule has 23 rings (SSSR count). The highest BCUT2D eigenvalue weighted by Crippen LogP contribution is 2.54. The topological polar surface area (TPSA) is 16.3 Å². The average molecular weight is 1480 g/mol. The molecule has 0 amide bonds. The fourth-order valence-electron chi connectivity index (χ4n) is 19.0. The number of nitrogens with zero attached hydrogens (tertiary/aromatic N) is 4. The minimum atomic E-state index is -0.277. The molecule has 0 saturated carbocycles. The summed E-state index contributed by atoms with van der Waals surface area (Å²) in [5.41, 5.74) is 32.4. The normalized spacial score (nSPS) is 12.7. The third-order valence-corrected chi connectivity index (χ3v) is 26.4. The van der Waals surface area contributed by atoms with Crippen LogP contribution in [0.25, 0.3) is 162 Å². The second-order valence-electron chi connectivity index (χ2n) is 31.4. The van der Waals surface area contributed by atoms with Gasteiger partial charge in [0, 0.05) is 113 Å². The van der Waals surface area contributed by atoms with Crippen molar-refractivity contribution in [2.24, 2.45) is 0 Å². The molecule has 4 nitrogen and oxygen atoms in total. The lowest BCUT2D eigenvalue weighted by molar-refractivity contribution is 0.590. The largest absolute Gasteiger partial charge is 0.311 e. The van der Waals surface area contributed by atoms with Crippen LogP contribution in [0.3, 0.4) is 0 Å². The number of para-hydroxylation sites is 4. The molecular weight excluding hydrogens is 1400 g/mol. The summed E-state index contributed by atoms with van der Waals surface area (Å²) < 4.78 is 10.2. The summed E-state index contributed by atoms with van der Waals surface area (Å²) in [6, 6.07) is 143. The van der Waals surface area contributed by atoms with Gasteiger partial charge in [-0.05, 0) is 181 Å². The summed E-state index contributed by atoms with van der Waals surface area (Å²) in [5.74, 6) is 0. The van der Waals surface area contributed by atoms with Gasteiger partial charge >= 0.3 is 0 Å². The Bertz CT molecular complexity index is 7380. The highest BCUT2D eigenvalue weighted by molar-refractivity contribution is 7.26. The fourth-order valence-corrected chi connectivity index (χ4v) is 21.4. The van der Waals surface area contributed by atoms with Gasteiger partial charge in [-0.3, -0.25) is 0 Å². The molecule has 0 N–H and O–H groups in total. The van der Waals surface area contributed by atoms with Gasteiger partial charge in [0.2, 0.25) is 0 Å². The number of benzene rings is 17. The third-order valence-electron chi connectivity index (χ3n) is 24.1. The van der Waals surface area contributed by atoms with Gasteiger partial charge in [0.15, 0.2) is 0 Å². The zero-order chi connectivity index (χ0) is 74.7. The van der Waals surface area contributed by atoms with E-state index in [2.05, 4.69) is 416 Å². The number of rotatable bonds is 10. The predicted octanol–water partition coefficient (Wildman–Crippen LogP) is 28.0. The van der Waals surface area contributed by atoms with Gasteiger partial charge in [0.1, 0.15) is 0 Å². The molecule has 0 unspecified atom stereocenters. The lowest BCUT2D eigenvalue weighted by Gasteiger charge is -2.45. The van der Waals surface area contributed by atoms with Crippen LogP contribution in [0.5, 0.6) is 0 Å². The summed E-state index contributed by atoms with van der Waals surface area (Å²) in [4.78, 5) is 5.26. The summed E-state index contributed by atoms with van der Waals surface area (Å²) in [6.45, 7) is 6.69. The van der Waals surface area contributed by atoms with E-state index in [0.29, 0.717) is 0 Å². The molecule has 0 atom stereocenters. The number of thiophene rings is 2. The SMILES string of the molecule is CC(C)(C)c1ccc(N2c3ccc(-c4c(-c5cccc6sc7ccccc7c56)cccc4-n4c5ccccc5c5ccccc54)cc3B3c4ccc(-c5ccccc5)cc4N(c4ccc(-c5ccccc5)cc4)c4cc(-c5c(-c6cccc7c6sc6ccccc67)cccc5-n5c6ccccc6c6ccccc65)cc2c43)cc1. The van der Waals surface area contributed by atoms with Crippen molar-refractivity contribution in [3.63, 3.8) is 0 Å². The van der Waals surface area contributed by atoms with Gasteiger partial charge in [-0.2, -0.15) is 0 Å². The predicted molar refractivity (Wildman–Crippen MR) is 486 cm³/mol. The Labute approximate surface area is 663 Å². The molecular formula is C106H71BN4S2. The summed E-state index contributed by atoms with van der Waals surface area (Å²) in [5, 5.41) is 9.97. The van der Waals surface area contributed by atoms with E-state index in [0.717, 1.165) is 95.5 Å². The molecule has 21 aromatic rings. The molecule has 4 aromatic heterocycles. The van der Waals surface area contributed by atoms with Gasteiger partial charge in [-0.1, -0.05) is 294 Å². The molecule has 0 radical (unpaired) electrons. The minimum absolute atomic E-state index is 0.0957. The van der Waals surface area contributed by atoms with Crippen molar-refractivity contribution in [2.75, 3.05) is 9.80 Å². The first kappa shape index (κ1) is 65.3. The fraction of sp³-hybridized carbons (Fsp3) is 0.0377. The van der Waals surface area contributed by atoms with Crippen molar-refractivity contribution in [3.05, 3.63) is 382 Å². The Morgan fingerprint density at radius 3 is 1.28 bits per heavy atom. The first-order chi connectivity index (χ1) is 55.7. The Morgan fingerprint density at radius 2 is 0.681 bits per heavy atom. The molecule has 113 heavy (non-hydrogen) atoms. The summed E-state index contributed by atoms with van der Waals surface area (Å²) in [7, 11) is 0. The maximum atomic E-state index is 2.64. The van der Waals surface area contributed by atoms with Crippen molar-refractivity contribution in [2.45, 2.75) is 26.2 Å². The first-order valence-corrected chi connectivity index (χ1v) is 40.8. The molecule has 0 bridgehead atoms. The maximum absolute atomic E-state index is 2.64. The smallest absolute Gasteiger partial charge is 0.252 e. The van der Waals surface area contributed by atoms with E-state index in [1.165, 1.54) is 123 Å². The van der Waals surface area contributed by atoms with E-state index in [4.69, 9.17) is 0 Å². The van der Waals surface area contributed by atoms with Gasteiger partial charge < -0.3 is 18.9 Å². The summed E-state index contributed by atoms with van der Waals surface area (Å²) >= 11 is 3.77. The molecule has 6 heterocycles. The molecule has 7 heteroatoms. The van der Waals surface area contributed by atoms with Crippen LogP contribution in [0.15, 0.2) is 376 Å². The number of anilines is 6. The van der Waals surface area contributed by atoms with Crippen LogP contribution in [0.4, 0.5) is 34.1 Å². The Hall–Kier alpha value is -13.6. The first-order valence-electron chi connectivity index (χ1n) is 39.2. The number of hydrogen-bond acceptors (Lipinski definition) is 4. The van der Waals surface area contributed by atoms with Crippen molar-refractivity contribution in [1.82, 2.24) is 9.13 Å². The maximum Gasteiger partial charge on any atom is 0.252 e. The van der Waals surface area contributed by atoms with Gasteiger partial charge in [-0.15, -0.1) is 22.7 Å². The van der Waals surface area contributed by atoms with Crippen LogP contribution in [0.1, 0.15) is 26.3 Å². The minimum Gasteiger partial charge on any atom is -0.311 e. The van der Waals surface area contributed by atoms with Crippen LogP contribution in [0.2, 0.25) is 0 Å². The van der Waals surface area contributed by atoms with Crippen molar-refractivity contribution in [1.29, 1.82) is 0 Å². The van der Waals surface area contributed by atoms with E-state index in [9.17, 15) is 0 Å². The van der Waals surface area contributed by atoms with E-state index in [-0.39, 0.29) is 12.1 Å². The quantitative estimate of drug-likeness (QED) is 0.127. The molecule has 2 aliphatic heterocycles. The molecule has 0 saturated heterocycles. The van der Waals surface area contributed by atoms with Crippen LogP contribution >= 0.6 is 22.7 Å². The monoisotopic (exact) mass is 1470 g/mol. The van der Waals surface area contributed by atoms with Crippen LogP contribution in [0, 0.1) is 0 Å². The highest BCUT2D eigenvalue weighted by atomic mass is 32.1. The third kappa shape index (κ3) is 10.1. The summed E-state index contributed by atoms with van der Waals surface area (Å²) in [6.07, 6.45) is 0. The Kier molecular flexibility index (Phi) is 14.7. The van der Waals surface area contributed by atoms with Crippen molar-refractivity contribution in [3.8, 4) is 78.1 Å². The highest BCUT2D eigenvalue weighted by Gasteiger charge is 2.45. The van der Waals surface area contributed by atoms with E-state index < -0.39 is 0 Å². The zero-order valence-electron chi connectivity index (χ0n) is 62.5. The molecule has 0 aliphatic carbocycles. The van der Waals surface area contributed by atoms with Crippen LogP contribution in [-0.2, 0) is 5.41 Å². The van der Waals surface area contributed by atoms with Gasteiger partial charge in [-0.25, -0.2) is 0 Å². The molecule has 17 aromatic carbocycles. The molecule has 2 aliphatic rings. The number of hydrogen-bond donors (Lipinski definition) is 0. The lowest BCUT2D eigenvalue weighted by atomic mass is 9.33. The van der Waals surface area contributed by atoms with E-state index >= 15 is 0 Å². The number of aromatic nitrogens is 2. The van der Waals surface area contributed by atoms with Gasteiger partial charge in [0.05, 0.1) is 33.4 Å². The molecule has 0 fully saturated rings. The van der Waals surface area contributed by atoms with Crippen molar-refractivity contribution >= 4 is 164 Å². The van der Waals surface area contributed by atoms with Crippen molar-refractivity contribution < 1.29 is 0 Å². The van der Waals surface area contributed by atoms with Gasteiger partial charge in [0.25, 0.3) is 6.71 Å². The van der Waals surface area contributed by atoms with Crippen LogP contribution < -0.4 is 26.2 Å². The number of fused-ring (bicyclic) bond motifs is 16. The van der Waals surface area contributed by atoms with E-state index in [1.54, 1.807) is 0 Å². The second kappa shape index (κ2) is 25.5. The zero-order valence-corrected chi connectivity index (χ0v) is 64.1. The second-order valence-corrected chi connectivity index (χ2v) is 33.5.